The lowest BCUT2D eigenvalue weighted by Gasteiger charge is -2.34. The van der Waals surface area contributed by atoms with Gasteiger partial charge in [-0.3, -0.25) is 9.69 Å². The van der Waals surface area contributed by atoms with E-state index in [-0.39, 0.29) is 18.1 Å². The number of amides is 1. The molecule has 1 amide bonds. The molecule has 2 saturated heterocycles. The highest BCUT2D eigenvalue weighted by atomic mass is 16.5. The monoisotopic (exact) mass is 372 g/mol. The number of carbonyl (C=O) groups excluding carboxylic acids is 1. The normalized spacial score (nSPS) is 32.1. The number of aliphatic hydroxyl groups is 1. The van der Waals surface area contributed by atoms with Crippen molar-refractivity contribution in [1.82, 2.24) is 9.80 Å². The van der Waals surface area contributed by atoms with E-state index in [4.69, 9.17) is 4.74 Å². The van der Waals surface area contributed by atoms with Crippen molar-refractivity contribution in [2.45, 2.75) is 51.3 Å². The van der Waals surface area contributed by atoms with Crippen molar-refractivity contribution in [3.63, 3.8) is 0 Å². The summed E-state index contributed by atoms with van der Waals surface area (Å²) in [5, 5.41) is 9.74. The molecule has 0 unspecified atom stereocenters. The molecule has 2 bridgehead atoms. The summed E-state index contributed by atoms with van der Waals surface area (Å²) in [5.41, 5.74) is 2.61. The highest BCUT2D eigenvalue weighted by molar-refractivity contribution is 5.79. The minimum absolute atomic E-state index is 0.0960. The van der Waals surface area contributed by atoms with Crippen molar-refractivity contribution >= 4 is 5.91 Å². The number of aliphatic hydroxyl groups excluding tert-OH is 1. The zero-order chi connectivity index (χ0) is 18.8. The Balaban J connectivity index is 1.44. The van der Waals surface area contributed by atoms with Crippen molar-refractivity contribution in [3.8, 4) is 0 Å². The fraction of sp³-hybridized carbons (Fsp3) is 0.682. The van der Waals surface area contributed by atoms with E-state index in [9.17, 15) is 9.90 Å². The Morgan fingerprint density at radius 2 is 1.81 bits per heavy atom. The molecule has 1 saturated carbocycles. The molecule has 5 heteroatoms. The Kier molecular flexibility index (Phi) is 5.81. The van der Waals surface area contributed by atoms with Gasteiger partial charge >= 0.3 is 0 Å². The van der Waals surface area contributed by atoms with Gasteiger partial charge in [0.1, 0.15) is 0 Å². The average molecular weight is 373 g/mol. The van der Waals surface area contributed by atoms with Gasteiger partial charge in [-0.2, -0.15) is 0 Å². The van der Waals surface area contributed by atoms with E-state index in [0.717, 1.165) is 58.5 Å². The molecule has 1 aromatic carbocycles. The number of hydrogen-bond acceptors (Lipinski definition) is 4. The van der Waals surface area contributed by atoms with Crippen LogP contribution in [-0.4, -0.2) is 65.8 Å². The van der Waals surface area contributed by atoms with Crippen molar-refractivity contribution in [2.75, 3.05) is 32.8 Å². The first-order valence-corrected chi connectivity index (χ1v) is 10.4. The number of fused-ring (bicyclic) bond motifs is 3. The minimum atomic E-state index is -0.212. The Labute approximate surface area is 162 Å². The number of rotatable bonds is 3. The number of benzene rings is 1. The summed E-state index contributed by atoms with van der Waals surface area (Å²) >= 11 is 0. The average Bonchev–Trinajstić information content (AvgIpc) is 2.93. The van der Waals surface area contributed by atoms with Crippen molar-refractivity contribution in [2.24, 2.45) is 11.8 Å². The molecule has 0 spiro atoms. The van der Waals surface area contributed by atoms with Gasteiger partial charge in [0.25, 0.3) is 0 Å². The summed E-state index contributed by atoms with van der Waals surface area (Å²) in [6.07, 6.45) is 2.97. The predicted octanol–water partition coefficient (Wildman–Crippen LogP) is 2.21. The third kappa shape index (κ3) is 4.53. The first kappa shape index (κ1) is 18.9. The Hall–Kier alpha value is -1.43. The summed E-state index contributed by atoms with van der Waals surface area (Å²) in [5.74, 6) is 0.774. The van der Waals surface area contributed by atoms with Crippen LogP contribution in [0.3, 0.4) is 0 Å². The van der Waals surface area contributed by atoms with Crippen LogP contribution in [0.15, 0.2) is 24.3 Å². The summed E-state index contributed by atoms with van der Waals surface area (Å²) in [6, 6.07) is 9.02. The van der Waals surface area contributed by atoms with Crippen LogP contribution in [-0.2, 0) is 16.1 Å². The molecular formula is C22H32N2O3. The SMILES string of the molecule is Cc1ccc(CN2C[C@H]3COC[C@@H]2CN(C(=O)C2CCC(O)CC2)C3)cc1. The third-order valence-electron chi connectivity index (χ3n) is 6.45. The van der Waals surface area contributed by atoms with E-state index in [1.54, 1.807) is 0 Å². The van der Waals surface area contributed by atoms with Crippen LogP contribution in [0.4, 0.5) is 0 Å². The van der Waals surface area contributed by atoms with Crippen molar-refractivity contribution in [3.05, 3.63) is 35.4 Å². The molecule has 4 rings (SSSR count). The molecule has 1 aromatic rings. The molecule has 3 aliphatic rings. The second-order valence-corrected chi connectivity index (χ2v) is 8.72. The smallest absolute Gasteiger partial charge is 0.225 e. The highest BCUT2D eigenvalue weighted by Crippen LogP contribution is 2.28. The van der Waals surface area contributed by atoms with Gasteiger partial charge in [0.15, 0.2) is 0 Å². The van der Waals surface area contributed by atoms with Crippen molar-refractivity contribution in [1.29, 1.82) is 0 Å². The van der Waals surface area contributed by atoms with Crippen LogP contribution in [0, 0.1) is 18.8 Å². The second kappa shape index (κ2) is 8.29. The largest absolute Gasteiger partial charge is 0.393 e. The number of aryl methyl sites for hydroxylation is 1. The molecule has 0 radical (unpaired) electrons. The van der Waals surface area contributed by atoms with E-state index in [1.165, 1.54) is 11.1 Å². The van der Waals surface area contributed by atoms with Gasteiger partial charge in [-0.05, 0) is 38.2 Å². The van der Waals surface area contributed by atoms with E-state index in [2.05, 4.69) is 41.0 Å². The molecular weight excluding hydrogens is 340 g/mol. The lowest BCUT2D eigenvalue weighted by atomic mass is 9.86. The van der Waals surface area contributed by atoms with Crippen LogP contribution in [0.5, 0.6) is 0 Å². The third-order valence-corrected chi connectivity index (χ3v) is 6.45. The Bertz CT molecular complexity index is 639. The molecule has 2 atom stereocenters. The zero-order valence-corrected chi connectivity index (χ0v) is 16.3. The topological polar surface area (TPSA) is 53.0 Å². The summed E-state index contributed by atoms with van der Waals surface area (Å²) in [6.45, 7) is 7.04. The fourth-order valence-electron chi connectivity index (χ4n) is 4.81. The van der Waals surface area contributed by atoms with Crippen LogP contribution in [0.2, 0.25) is 0 Å². The molecule has 0 aromatic heterocycles. The maximum absolute atomic E-state index is 13.1. The molecule has 2 aliphatic heterocycles. The van der Waals surface area contributed by atoms with Gasteiger partial charge in [-0.1, -0.05) is 29.8 Å². The van der Waals surface area contributed by atoms with Crippen LogP contribution in [0.1, 0.15) is 36.8 Å². The maximum atomic E-state index is 13.1. The zero-order valence-electron chi connectivity index (χ0n) is 16.3. The fourth-order valence-corrected chi connectivity index (χ4v) is 4.81. The van der Waals surface area contributed by atoms with Gasteiger partial charge in [0.05, 0.1) is 25.4 Å². The highest BCUT2D eigenvalue weighted by Gasteiger charge is 2.37. The molecule has 3 fully saturated rings. The van der Waals surface area contributed by atoms with E-state index in [0.29, 0.717) is 18.4 Å². The Morgan fingerprint density at radius 3 is 2.56 bits per heavy atom. The van der Waals surface area contributed by atoms with Crippen LogP contribution in [0.25, 0.3) is 0 Å². The van der Waals surface area contributed by atoms with E-state index in [1.807, 2.05) is 0 Å². The van der Waals surface area contributed by atoms with Crippen LogP contribution >= 0.6 is 0 Å². The van der Waals surface area contributed by atoms with Gasteiger partial charge in [-0.25, -0.2) is 0 Å². The van der Waals surface area contributed by atoms with E-state index >= 15 is 0 Å². The molecule has 27 heavy (non-hydrogen) atoms. The summed E-state index contributed by atoms with van der Waals surface area (Å²) < 4.78 is 5.92. The number of carbonyl (C=O) groups is 1. The van der Waals surface area contributed by atoms with Gasteiger partial charge in [0, 0.05) is 38.0 Å². The lowest BCUT2D eigenvalue weighted by molar-refractivity contribution is -0.139. The van der Waals surface area contributed by atoms with Gasteiger partial charge in [0.2, 0.25) is 5.91 Å². The second-order valence-electron chi connectivity index (χ2n) is 8.72. The first-order chi connectivity index (χ1) is 13.1. The number of hydrogen-bond donors (Lipinski definition) is 1. The maximum Gasteiger partial charge on any atom is 0.225 e. The molecule has 148 valence electrons. The van der Waals surface area contributed by atoms with E-state index < -0.39 is 0 Å². The molecule has 1 N–H and O–H groups in total. The quantitative estimate of drug-likeness (QED) is 0.884. The van der Waals surface area contributed by atoms with Crippen molar-refractivity contribution < 1.29 is 14.6 Å². The summed E-state index contributed by atoms with van der Waals surface area (Å²) in [7, 11) is 0. The lowest BCUT2D eigenvalue weighted by Crippen LogP contribution is -2.47. The first-order valence-electron chi connectivity index (χ1n) is 10.4. The number of nitrogens with zero attached hydrogens (tertiary/aromatic N) is 2. The predicted molar refractivity (Wildman–Crippen MR) is 104 cm³/mol. The molecule has 2 heterocycles. The Morgan fingerprint density at radius 1 is 1.07 bits per heavy atom. The minimum Gasteiger partial charge on any atom is -0.393 e. The van der Waals surface area contributed by atoms with Gasteiger partial charge < -0.3 is 14.7 Å². The molecule has 1 aliphatic carbocycles. The molecule has 5 nitrogen and oxygen atoms in total. The van der Waals surface area contributed by atoms with Crippen LogP contribution < -0.4 is 0 Å². The summed E-state index contributed by atoms with van der Waals surface area (Å²) in [4.78, 5) is 17.8. The standard InChI is InChI=1S/C22H32N2O3/c1-16-2-4-17(5-3-16)10-23-11-18-12-24(13-20(23)15-27-14-18)22(26)19-6-8-21(25)9-7-19/h2-5,18-21,25H,6-15H2,1H3/t18-,19?,20+,21?/m1/s1. The number of ether oxygens (including phenoxy) is 1. The van der Waals surface area contributed by atoms with Gasteiger partial charge in [-0.15, -0.1) is 0 Å².